The van der Waals surface area contributed by atoms with Gasteiger partial charge in [-0.3, -0.25) is 4.57 Å². The highest BCUT2D eigenvalue weighted by Crippen LogP contribution is 2.44. The van der Waals surface area contributed by atoms with Gasteiger partial charge in [0, 0.05) is 6.16 Å². The van der Waals surface area contributed by atoms with E-state index >= 15 is 0 Å². The van der Waals surface area contributed by atoms with Gasteiger partial charge in [-0.05, 0) is 39.7 Å². The third-order valence-electron chi connectivity index (χ3n) is 3.62. The van der Waals surface area contributed by atoms with Gasteiger partial charge in [0.25, 0.3) is 0 Å². The number of hydrogen-bond donors (Lipinski definition) is 2. The predicted octanol–water partition coefficient (Wildman–Crippen LogP) is 4.71. The van der Waals surface area contributed by atoms with E-state index in [1.807, 2.05) is 53.7 Å². The summed E-state index contributed by atoms with van der Waals surface area (Å²) < 4.78 is 16.8. The highest BCUT2D eigenvalue weighted by molar-refractivity contribution is 7.52. The van der Waals surface area contributed by atoms with Crippen LogP contribution in [0.5, 0.6) is 5.75 Å². The van der Waals surface area contributed by atoms with Gasteiger partial charge in [0.1, 0.15) is 5.75 Å². The average Bonchev–Trinajstić information content (AvgIpc) is 2.34. The molecule has 0 bridgehead atoms. The molecule has 0 aromatic heterocycles. The van der Waals surface area contributed by atoms with Crippen LogP contribution in [0.3, 0.4) is 0 Å². The highest BCUT2D eigenvalue weighted by atomic mass is 31.2. The van der Waals surface area contributed by atoms with Crippen LogP contribution in [0.4, 0.5) is 0 Å². The fourth-order valence-electron chi connectivity index (χ4n) is 2.19. The molecule has 22 heavy (non-hydrogen) atoms. The summed E-state index contributed by atoms with van der Waals surface area (Å²) in [6, 6.07) is 3.72. The van der Waals surface area contributed by atoms with E-state index in [2.05, 4.69) is 0 Å². The lowest BCUT2D eigenvalue weighted by atomic mass is 9.78. The summed E-state index contributed by atoms with van der Waals surface area (Å²) in [5, 5.41) is 10.6. The molecule has 0 fully saturated rings. The zero-order chi connectivity index (χ0) is 17.3. The summed E-state index contributed by atoms with van der Waals surface area (Å²) >= 11 is 0. The van der Waals surface area contributed by atoms with Crippen LogP contribution in [0.2, 0.25) is 0 Å². The van der Waals surface area contributed by atoms with E-state index in [-0.39, 0.29) is 23.6 Å². The molecule has 126 valence electrons. The maximum Gasteiger partial charge on any atom is 0.328 e. The fourth-order valence-corrected chi connectivity index (χ4v) is 2.72. The Bertz CT molecular complexity index is 544. The summed E-state index contributed by atoms with van der Waals surface area (Å²) in [5.74, 6) is 0.298. The number of hydrogen-bond acceptors (Lipinski definition) is 3. The Labute approximate surface area is 134 Å². The Hall–Kier alpha value is -0.830. The van der Waals surface area contributed by atoms with Gasteiger partial charge in [-0.1, -0.05) is 48.5 Å². The zero-order valence-corrected chi connectivity index (χ0v) is 15.6. The van der Waals surface area contributed by atoms with Crippen molar-refractivity contribution >= 4 is 7.60 Å². The van der Waals surface area contributed by atoms with E-state index < -0.39 is 7.60 Å². The molecular weight excluding hydrogens is 299 g/mol. The van der Waals surface area contributed by atoms with Crippen LogP contribution >= 0.6 is 7.60 Å². The Morgan fingerprint density at radius 2 is 1.45 bits per heavy atom. The Balaban J connectivity index is 3.33. The van der Waals surface area contributed by atoms with Crippen LogP contribution in [-0.2, 0) is 26.5 Å². The molecule has 0 aliphatic rings. The molecular formula is C17H29O4P. The highest BCUT2D eigenvalue weighted by Gasteiger charge is 2.27. The van der Waals surface area contributed by atoms with Crippen LogP contribution in [0.25, 0.3) is 0 Å². The Morgan fingerprint density at radius 3 is 1.77 bits per heavy atom. The molecule has 1 atom stereocenters. The normalized spacial score (nSPS) is 15.6. The largest absolute Gasteiger partial charge is 0.507 e. The first-order valence-electron chi connectivity index (χ1n) is 7.61. The lowest BCUT2D eigenvalue weighted by Gasteiger charge is -2.28. The molecule has 4 nitrogen and oxygen atoms in total. The molecule has 5 heteroatoms. The number of aromatic hydroxyl groups is 1. The fraction of sp³-hybridized carbons (Fsp3) is 0.647. The van der Waals surface area contributed by atoms with E-state index in [1.54, 1.807) is 6.92 Å². The maximum absolute atomic E-state index is 11.7. The molecule has 1 aromatic rings. The second-order valence-electron chi connectivity index (χ2n) is 7.77. The van der Waals surface area contributed by atoms with Gasteiger partial charge >= 0.3 is 7.60 Å². The molecule has 0 saturated carbocycles. The van der Waals surface area contributed by atoms with Crippen molar-refractivity contribution in [2.75, 3.05) is 6.16 Å². The molecule has 0 saturated heterocycles. The summed E-state index contributed by atoms with van der Waals surface area (Å²) in [4.78, 5) is 9.58. The van der Waals surface area contributed by atoms with E-state index in [9.17, 15) is 14.6 Å². The van der Waals surface area contributed by atoms with Gasteiger partial charge in [-0.2, -0.15) is 0 Å². The SMILES string of the molecule is CCP(=O)(O)OCc1cc(C(C)(C)C)c(O)c(C(C)(C)C)c1. The number of phenols is 1. The van der Waals surface area contributed by atoms with Crippen LogP contribution in [0.15, 0.2) is 12.1 Å². The van der Waals surface area contributed by atoms with Crippen LogP contribution in [0.1, 0.15) is 65.2 Å². The van der Waals surface area contributed by atoms with Crippen LogP contribution < -0.4 is 0 Å². The summed E-state index contributed by atoms with van der Waals surface area (Å²) in [7, 11) is -3.52. The van der Waals surface area contributed by atoms with E-state index in [4.69, 9.17) is 4.52 Å². The zero-order valence-electron chi connectivity index (χ0n) is 14.7. The average molecular weight is 328 g/mol. The standard InChI is InChI=1S/C17H29O4P/c1-8-22(19,20)21-11-12-9-13(16(2,3)4)15(18)14(10-12)17(5,6)7/h9-10,18H,8,11H2,1-7H3,(H,19,20). The monoisotopic (exact) mass is 328 g/mol. The maximum atomic E-state index is 11.7. The van der Waals surface area contributed by atoms with E-state index in [1.165, 1.54) is 0 Å². The van der Waals surface area contributed by atoms with Crippen molar-refractivity contribution in [3.05, 3.63) is 28.8 Å². The summed E-state index contributed by atoms with van der Waals surface area (Å²) in [6.45, 7) is 13.9. The van der Waals surface area contributed by atoms with Crippen molar-refractivity contribution in [3.63, 3.8) is 0 Å². The molecule has 0 radical (unpaired) electrons. The minimum absolute atomic E-state index is 0.0635. The number of rotatable bonds is 4. The van der Waals surface area contributed by atoms with E-state index in [0.717, 1.165) is 16.7 Å². The minimum atomic E-state index is -3.52. The second-order valence-corrected chi connectivity index (χ2v) is 9.93. The molecule has 0 aliphatic carbocycles. The molecule has 2 N–H and O–H groups in total. The first kappa shape index (κ1) is 19.2. The summed E-state index contributed by atoms with van der Waals surface area (Å²) in [6.07, 6.45) is 0.0866. The van der Waals surface area contributed by atoms with Crippen molar-refractivity contribution in [1.82, 2.24) is 0 Å². The Morgan fingerprint density at radius 1 is 1.05 bits per heavy atom. The van der Waals surface area contributed by atoms with Crippen molar-refractivity contribution in [1.29, 1.82) is 0 Å². The molecule has 0 heterocycles. The first-order chi connectivity index (χ1) is 9.78. The van der Waals surface area contributed by atoms with Gasteiger partial charge in [-0.15, -0.1) is 0 Å². The predicted molar refractivity (Wildman–Crippen MR) is 90.7 cm³/mol. The van der Waals surface area contributed by atoms with Crippen LogP contribution in [-0.4, -0.2) is 16.2 Å². The van der Waals surface area contributed by atoms with Crippen molar-refractivity contribution in [2.45, 2.75) is 65.9 Å². The van der Waals surface area contributed by atoms with Crippen molar-refractivity contribution in [2.24, 2.45) is 0 Å². The molecule has 0 aliphatic heterocycles. The quantitative estimate of drug-likeness (QED) is 0.786. The second kappa shape index (κ2) is 6.35. The van der Waals surface area contributed by atoms with Gasteiger partial charge in [-0.25, -0.2) is 0 Å². The van der Waals surface area contributed by atoms with Crippen molar-refractivity contribution < 1.29 is 19.1 Å². The molecule has 1 rings (SSSR count). The molecule has 1 unspecified atom stereocenters. The van der Waals surface area contributed by atoms with E-state index in [0.29, 0.717) is 5.75 Å². The van der Waals surface area contributed by atoms with Gasteiger partial charge in [0.2, 0.25) is 0 Å². The van der Waals surface area contributed by atoms with Gasteiger partial charge in [0.05, 0.1) is 6.61 Å². The third kappa shape index (κ3) is 4.84. The van der Waals surface area contributed by atoms with Crippen LogP contribution in [0, 0.1) is 0 Å². The first-order valence-corrected chi connectivity index (χ1v) is 9.37. The van der Waals surface area contributed by atoms with Gasteiger partial charge < -0.3 is 14.5 Å². The lowest BCUT2D eigenvalue weighted by molar-refractivity contribution is 0.251. The lowest BCUT2D eigenvalue weighted by Crippen LogP contribution is -2.18. The summed E-state index contributed by atoms with van der Waals surface area (Å²) in [5.41, 5.74) is 1.99. The molecule has 0 spiro atoms. The van der Waals surface area contributed by atoms with Gasteiger partial charge in [0.15, 0.2) is 0 Å². The topological polar surface area (TPSA) is 66.8 Å². The minimum Gasteiger partial charge on any atom is -0.507 e. The Kier molecular flexibility index (Phi) is 5.55. The molecule has 1 aromatic carbocycles. The number of phenolic OH excluding ortho intramolecular Hbond substituents is 1. The number of benzene rings is 1. The smallest absolute Gasteiger partial charge is 0.328 e. The molecule has 0 amide bonds. The van der Waals surface area contributed by atoms with Crippen molar-refractivity contribution in [3.8, 4) is 5.75 Å². The third-order valence-corrected chi connectivity index (χ3v) is 4.95.